The molecular weight excluding hydrogens is 230 g/mol. The van der Waals surface area contributed by atoms with Gasteiger partial charge in [-0.05, 0) is 28.1 Å². The van der Waals surface area contributed by atoms with E-state index >= 15 is 0 Å². The molecule has 1 rings (SSSR count). The molecule has 1 nitrogen and oxygen atoms in total. The van der Waals surface area contributed by atoms with Crippen LogP contribution in [0.2, 0.25) is 0 Å². The van der Waals surface area contributed by atoms with Crippen LogP contribution in [0.1, 0.15) is 0 Å². The molecule has 0 N–H and O–H groups in total. The maximum absolute atomic E-state index is 11.6. The normalized spacial score (nSPS) is 9.25. The average Bonchev–Trinajstić information content (AvgIpc) is 2.03. The Balaban J connectivity index is 2.76. The first-order valence-corrected chi connectivity index (χ1v) is 3.92. The van der Waals surface area contributed by atoms with E-state index in [0.717, 1.165) is 0 Å². The summed E-state index contributed by atoms with van der Waals surface area (Å²) in [7, 11) is 0. The lowest BCUT2D eigenvalue weighted by Gasteiger charge is -2.00. The summed E-state index contributed by atoms with van der Waals surface area (Å²) in [6.07, 6.45) is -1.45. The highest BCUT2D eigenvalue weighted by Crippen LogP contribution is 2.24. The summed E-state index contributed by atoms with van der Waals surface area (Å²) in [4.78, 5) is 0. The third-order valence-corrected chi connectivity index (χ3v) is 1.77. The molecule has 0 spiro atoms. The molecule has 0 atom stereocenters. The fourth-order valence-electron chi connectivity index (χ4n) is 0.648. The van der Waals surface area contributed by atoms with Crippen LogP contribution in [0.25, 0.3) is 0 Å². The molecule has 0 aromatic heterocycles. The summed E-state index contributed by atoms with van der Waals surface area (Å²) in [5, 5.41) is 0. The zero-order valence-corrected chi connectivity index (χ0v) is 7.51. The van der Waals surface area contributed by atoms with E-state index in [0.29, 0.717) is 16.5 Å². The van der Waals surface area contributed by atoms with Crippen LogP contribution in [0.15, 0.2) is 41.1 Å². The molecule has 0 bridgehead atoms. The van der Waals surface area contributed by atoms with Crippen LogP contribution >= 0.6 is 15.9 Å². The monoisotopic (exact) mass is 234 g/mol. The molecule has 0 aliphatic carbocycles. The zero-order valence-electron chi connectivity index (χ0n) is 5.93. The lowest BCUT2D eigenvalue weighted by atomic mass is 10.3. The first-order valence-electron chi connectivity index (χ1n) is 3.12. The van der Waals surface area contributed by atoms with E-state index in [-0.39, 0.29) is 0 Å². The molecule has 0 saturated heterocycles. The zero-order chi connectivity index (χ0) is 8.97. The Hall–Kier alpha value is -0.900. The first kappa shape index (κ1) is 9.19. The van der Waals surface area contributed by atoms with Gasteiger partial charge < -0.3 is 4.74 Å². The Morgan fingerprint density at radius 1 is 1.33 bits per heavy atom. The Labute approximate surface area is 76.8 Å². The summed E-state index contributed by atoms with van der Waals surface area (Å²) in [5.74, 6) is 0.366. The van der Waals surface area contributed by atoms with Crippen molar-refractivity contribution in [2.75, 3.05) is 0 Å². The van der Waals surface area contributed by atoms with Crippen LogP contribution < -0.4 is 4.74 Å². The van der Waals surface area contributed by atoms with Crippen LogP contribution in [0.4, 0.5) is 8.78 Å². The minimum atomic E-state index is -1.86. The third-order valence-electron chi connectivity index (χ3n) is 1.11. The first-order chi connectivity index (χ1) is 5.70. The van der Waals surface area contributed by atoms with E-state index in [1.54, 1.807) is 24.3 Å². The lowest BCUT2D eigenvalue weighted by molar-refractivity contribution is 0.364. The van der Waals surface area contributed by atoms with Gasteiger partial charge in [-0.2, -0.15) is 8.78 Å². The molecule has 0 aliphatic rings. The molecule has 64 valence electrons. The van der Waals surface area contributed by atoms with Crippen molar-refractivity contribution in [3.8, 4) is 5.75 Å². The minimum absolute atomic E-state index is 0.366. The highest BCUT2D eigenvalue weighted by Gasteiger charge is 1.97. The van der Waals surface area contributed by atoms with Gasteiger partial charge in [-0.1, -0.05) is 12.1 Å². The van der Waals surface area contributed by atoms with E-state index in [1.807, 2.05) is 0 Å². The number of benzene rings is 1. The fourth-order valence-corrected chi connectivity index (χ4v) is 1.03. The van der Waals surface area contributed by atoms with Gasteiger partial charge in [0.2, 0.25) is 0 Å². The van der Waals surface area contributed by atoms with Crippen LogP contribution in [-0.4, -0.2) is 0 Å². The van der Waals surface area contributed by atoms with Crippen molar-refractivity contribution in [1.82, 2.24) is 0 Å². The Morgan fingerprint density at radius 3 is 2.58 bits per heavy atom. The van der Waals surface area contributed by atoms with Crippen LogP contribution in [0.5, 0.6) is 5.75 Å². The van der Waals surface area contributed by atoms with Crippen LogP contribution in [0.3, 0.4) is 0 Å². The number of para-hydroxylation sites is 1. The minimum Gasteiger partial charge on any atom is -0.458 e. The SMILES string of the molecule is FC(F)=COc1ccccc1Br. The Morgan fingerprint density at radius 2 is 2.00 bits per heavy atom. The smallest absolute Gasteiger partial charge is 0.305 e. The van der Waals surface area contributed by atoms with Gasteiger partial charge in [-0.3, -0.25) is 0 Å². The molecule has 4 heteroatoms. The van der Waals surface area contributed by atoms with Crippen molar-refractivity contribution in [3.63, 3.8) is 0 Å². The number of rotatable bonds is 2. The van der Waals surface area contributed by atoms with Crippen molar-refractivity contribution < 1.29 is 13.5 Å². The predicted molar refractivity (Wildman–Crippen MR) is 45.1 cm³/mol. The Bertz CT molecular complexity index is 295. The van der Waals surface area contributed by atoms with E-state index < -0.39 is 6.08 Å². The van der Waals surface area contributed by atoms with Gasteiger partial charge >= 0.3 is 6.08 Å². The summed E-state index contributed by atoms with van der Waals surface area (Å²) in [6, 6.07) is 6.76. The summed E-state index contributed by atoms with van der Waals surface area (Å²) >= 11 is 3.15. The van der Waals surface area contributed by atoms with Gasteiger partial charge in [0, 0.05) is 0 Å². The molecule has 0 unspecified atom stereocenters. The van der Waals surface area contributed by atoms with E-state index in [1.165, 1.54) is 0 Å². The second-order valence-electron chi connectivity index (χ2n) is 1.96. The van der Waals surface area contributed by atoms with Gasteiger partial charge in [0.05, 0.1) is 4.47 Å². The fraction of sp³-hybridized carbons (Fsp3) is 0. The molecule has 0 heterocycles. The lowest BCUT2D eigenvalue weighted by Crippen LogP contribution is -1.82. The molecule has 0 aliphatic heterocycles. The maximum Gasteiger partial charge on any atom is 0.305 e. The number of hydrogen-bond donors (Lipinski definition) is 0. The van der Waals surface area contributed by atoms with Crippen molar-refractivity contribution >= 4 is 15.9 Å². The van der Waals surface area contributed by atoms with Crippen molar-refractivity contribution in [1.29, 1.82) is 0 Å². The Kier molecular flexibility index (Phi) is 3.22. The van der Waals surface area contributed by atoms with Gasteiger partial charge in [0.15, 0.2) is 6.26 Å². The van der Waals surface area contributed by atoms with Gasteiger partial charge in [-0.25, -0.2) is 0 Å². The van der Waals surface area contributed by atoms with E-state index in [2.05, 4.69) is 20.7 Å². The predicted octanol–water partition coefficient (Wildman–Crippen LogP) is 3.57. The topological polar surface area (TPSA) is 9.23 Å². The highest BCUT2D eigenvalue weighted by molar-refractivity contribution is 9.10. The van der Waals surface area contributed by atoms with E-state index in [4.69, 9.17) is 0 Å². The maximum atomic E-state index is 11.6. The quantitative estimate of drug-likeness (QED) is 0.712. The van der Waals surface area contributed by atoms with Crippen molar-refractivity contribution in [2.24, 2.45) is 0 Å². The summed E-state index contributed by atoms with van der Waals surface area (Å²) < 4.78 is 28.4. The summed E-state index contributed by atoms with van der Waals surface area (Å²) in [6.45, 7) is 0. The van der Waals surface area contributed by atoms with Crippen LogP contribution in [-0.2, 0) is 0 Å². The summed E-state index contributed by atoms with van der Waals surface area (Å²) in [5.41, 5.74) is 0. The molecule has 0 fully saturated rings. The van der Waals surface area contributed by atoms with E-state index in [9.17, 15) is 8.78 Å². The molecule has 0 amide bonds. The van der Waals surface area contributed by atoms with Gasteiger partial charge in [-0.15, -0.1) is 0 Å². The van der Waals surface area contributed by atoms with Crippen molar-refractivity contribution in [2.45, 2.75) is 0 Å². The third kappa shape index (κ3) is 2.62. The number of ether oxygens (including phenoxy) is 1. The largest absolute Gasteiger partial charge is 0.458 e. The number of hydrogen-bond acceptors (Lipinski definition) is 1. The highest BCUT2D eigenvalue weighted by atomic mass is 79.9. The molecule has 0 saturated carbocycles. The molecule has 12 heavy (non-hydrogen) atoms. The average molecular weight is 235 g/mol. The van der Waals surface area contributed by atoms with Gasteiger partial charge in [0.25, 0.3) is 0 Å². The molecule has 1 aromatic carbocycles. The van der Waals surface area contributed by atoms with Gasteiger partial charge in [0.1, 0.15) is 5.75 Å². The second-order valence-corrected chi connectivity index (χ2v) is 2.81. The molecule has 0 radical (unpaired) electrons. The van der Waals surface area contributed by atoms with Crippen LogP contribution in [0, 0.1) is 0 Å². The standard InChI is InChI=1S/C8H5BrF2O/c9-6-3-1-2-4-7(6)12-5-8(10)11/h1-5H. The number of halogens is 3. The second kappa shape index (κ2) is 4.21. The van der Waals surface area contributed by atoms with Crippen molar-refractivity contribution in [3.05, 3.63) is 41.1 Å². The molecule has 1 aromatic rings. The molecular formula is C8H5BrF2O.